The van der Waals surface area contributed by atoms with Gasteiger partial charge in [0.25, 0.3) is 11.8 Å². The average molecular weight is 895 g/mol. The number of para-hydroxylation sites is 4. The molecule has 2 atom stereocenters. The number of aromatic nitrogens is 6. The summed E-state index contributed by atoms with van der Waals surface area (Å²) in [6.45, 7) is 12.8. The molecule has 6 aromatic rings. The molecule has 0 saturated carbocycles. The van der Waals surface area contributed by atoms with Crippen LogP contribution in [0.15, 0.2) is 85.2 Å². The van der Waals surface area contributed by atoms with Gasteiger partial charge in [0.15, 0.2) is 11.6 Å². The minimum absolute atomic E-state index is 0.00128. The zero-order valence-electron chi connectivity index (χ0n) is 38.1. The van der Waals surface area contributed by atoms with Gasteiger partial charge in [0.05, 0.1) is 48.2 Å². The lowest BCUT2D eigenvalue weighted by atomic mass is 9.90. The lowest BCUT2D eigenvalue weighted by Crippen LogP contribution is -2.56. The number of pyridine rings is 2. The van der Waals surface area contributed by atoms with Crippen LogP contribution in [0.1, 0.15) is 97.6 Å². The largest absolute Gasteiger partial charge is 0.470 e. The van der Waals surface area contributed by atoms with Crippen molar-refractivity contribution in [3.8, 4) is 11.8 Å². The van der Waals surface area contributed by atoms with E-state index in [0.717, 1.165) is 72.0 Å². The molecular formula is C50H58N10O6. The van der Waals surface area contributed by atoms with Crippen molar-refractivity contribution in [3.63, 3.8) is 0 Å². The van der Waals surface area contributed by atoms with Crippen molar-refractivity contribution in [2.75, 3.05) is 52.4 Å². The number of H-pyrrole nitrogens is 2. The number of hydrogen-bond acceptors (Lipinski definition) is 10. The molecule has 344 valence electrons. The second-order valence-electron chi connectivity index (χ2n) is 18.5. The molecule has 4 aliphatic heterocycles. The van der Waals surface area contributed by atoms with Crippen molar-refractivity contribution in [1.29, 1.82) is 0 Å². The summed E-state index contributed by atoms with van der Waals surface area (Å²) in [5, 5.41) is 0. The third-order valence-electron chi connectivity index (χ3n) is 12.9. The maximum Gasteiger partial charge on any atom is 0.289 e. The van der Waals surface area contributed by atoms with Crippen LogP contribution in [0.4, 0.5) is 0 Å². The highest BCUT2D eigenvalue weighted by Crippen LogP contribution is 2.35. The minimum Gasteiger partial charge on any atom is -0.470 e. The van der Waals surface area contributed by atoms with Gasteiger partial charge in [0, 0.05) is 73.4 Å². The lowest BCUT2D eigenvalue weighted by Gasteiger charge is -2.39. The second-order valence-corrected chi connectivity index (χ2v) is 18.5. The summed E-state index contributed by atoms with van der Waals surface area (Å²) in [6, 6.07) is 23.2. The van der Waals surface area contributed by atoms with Crippen molar-refractivity contribution in [1.82, 2.24) is 49.5 Å². The van der Waals surface area contributed by atoms with E-state index in [1.165, 1.54) is 0 Å². The summed E-state index contributed by atoms with van der Waals surface area (Å²) >= 11 is 0. The van der Waals surface area contributed by atoms with Crippen molar-refractivity contribution < 1.29 is 28.7 Å². The first-order chi connectivity index (χ1) is 32.0. The number of ether oxygens (including phenoxy) is 2. The summed E-state index contributed by atoms with van der Waals surface area (Å²) in [5.41, 5.74) is 5.35. The van der Waals surface area contributed by atoms with Crippen molar-refractivity contribution >= 4 is 45.7 Å². The Morgan fingerprint density at radius 1 is 0.545 bits per heavy atom. The van der Waals surface area contributed by atoms with Crippen LogP contribution in [0.3, 0.4) is 0 Å². The van der Waals surface area contributed by atoms with E-state index in [0.29, 0.717) is 62.7 Å². The SMILES string of the molecule is CC(C)C(=O)N1CCC[C@@H](c2cccnc2OC2CN(C(=O)c3nc4ccccc4[nH]3)C2)C1.CC(C)C(=O)N1CCC[C@H](c2cccnc2OC2CN(C(=O)c3nc4ccccc4[nH]3)C2)C1. The number of rotatable bonds is 10. The number of amides is 4. The van der Waals surface area contributed by atoms with Crippen LogP contribution in [-0.2, 0) is 9.59 Å². The van der Waals surface area contributed by atoms with Crippen molar-refractivity contribution in [3.05, 3.63) is 108 Å². The molecule has 4 aromatic heterocycles. The molecule has 8 heterocycles. The molecule has 16 heteroatoms. The average Bonchev–Trinajstić information content (AvgIpc) is 3.96. The van der Waals surface area contributed by atoms with E-state index in [2.05, 4.69) is 29.9 Å². The van der Waals surface area contributed by atoms with E-state index in [4.69, 9.17) is 9.47 Å². The van der Waals surface area contributed by atoms with Crippen LogP contribution in [0.25, 0.3) is 22.1 Å². The van der Waals surface area contributed by atoms with Crippen molar-refractivity contribution in [2.24, 2.45) is 11.8 Å². The molecule has 4 amide bonds. The fourth-order valence-electron chi connectivity index (χ4n) is 9.30. The number of imidazole rings is 2. The zero-order valence-corrected chi connectivity index (χ0v) is 38.1. The highest BCUT2D eigenvalue weighted by Gasteiger charge is 2.38. The van der Waals surface area contributed by atoms with Crippen LogP contribution in [0.5, 0.6) is 11.8 Å². The number of piperidine rings is 2. The predicted molar refractivity (Wildman–Crippen MR) is 248 cm³/mol. The van der Waals surface area contributed by atoms with Gasteiger partial charge in [-0.15, -0.1) is 0 Å². The third kappa shape index (κ3) is 9.58. The normalized spacial score (nSPS) is 19.1. The first-order valence-corrected chi connectivity index (χ1v) is 23.3. The Morgan fingerprint density at radius 2 is 0.955 bits per heavy atom. The first kappa shape index (κ1) is 44.4. The standard InChI is InChI=1S/2C25H29N5O3/c2*1-16(2)24(31)29-12-6-7-17(13-29)19-8-5-11-26-23(19)33-18-14-30(15-18)25(32)22-27-20-9-3-4-10-21(20)28-22/h2*3-5,8-11,16-18H,6-7,12-15H2,1-2H3,(H,27,28)/t2*17-/m10/s1. The van der Waals surface area contributed by atoms with Crippen LogP contribution >= 0.6 is 0 Å². The molecule has 66 heavy (non-hydrogen) atoms. The topological polar surface area (TPSA) is 183 Å². The number of nitrogens with one attached hydrogen (secondary N) is 2. The summed E-state index contributed by atoms with van der Waals surface area (Å²) in [5.74, 6) is 2.49. The molecular weight excluding hydrogens is 837 g/mol. The highest BCUT2D eigenvalue weighted by atomic mass is 16.5. The Kier molecular flexibility index (Phi) is 13.0. The molecule has 0 radical (unpaired) electrons. The van der Waals surface area contributed by atoms with E-state index < -0.39 is 0 Å². The number of aromatic amines is 2. The Balaban J connectivity index is 0.000000166. The van der Waals surface area contributed by atoms with E-state index in [-0.39, 0.29) is 59.5 Å². The molecule has 10 rings (SSSR count). The first-order valence-electron chi connectivity index (χ1n) is 23.3. The number of hydrogen-bond donors (Lipinski definition) is 2. The monoisotopic (exact) mass is 894 g/mol. The summed E-state index contributed by atoms with van der Waals surface area (Å²) in [4.78, 5) is 81.9. The maximum atomic E-state index is 12.8. The van der Waals surface area contributed by atoms with Crippen LogP contribution < -0.4 is 9.47 Å². The van der Waals surface area contributed by atoms with Crippen molar-refractivity contribution in [2.45, 2.75) is 77.4 Å². The van der Waals surface area contributed by atoms with Crippen LogP contribution in [0.2, 0.25) is 0 Å². The minimum atomic E-state index is -0.123. The fourth-order valence-corrected chi connectivity index (χ4v) is 9.30. The molecule has 4 fully saturated rings. The van der Waals surface area contributed by atoms with Gasteiger partial charge in [0.2, 0.25) is 23.6 Å². The maximum absolute atomic E-state index is 12.8. The molecule has 2 aromatic carbocycles. The molecule has 0 bridgehead atoms. The third-order valence-corrected chi connectivity index (χ3v) is 12.9. The molecule has 2 N–H and O–H groups in total. The molecule has 16 nitrogen and oxygen atoms in total. The molecule has 0 unspecified atom stereocenters. The van der Waals surface area contributed by atoms with Crippen LogP contribution in [0, 0.1) is 11.8 Å². The molecule has 0 spiro atoms. The second kappa shape index (κ2) is 19.3. The number of nitrogens with zero attached hydrogens (tertiary/aromatic N) is 8. The fraction of sp³-hybridized carbons (Fsp3) is 0.440. The Bertz CT molecular complexity index is 2450. The summed E-state index contributed by atoms with van der Waals surface area (Å²) in [6.07, 6.45) is 7.20. The number of carbonyl (C=O) groups is 4. The van der Waals surface area contributed by atoms with E-state index >= 15 is 0 Å². The lowest BCUT2D eigenvalue weighted by molar-refractivity contribution is -0.136. The summed E-state index contributed by atoms with van der Waals surface area (Å²) in [7, 11) is 0. The smallest absolute Gasteiger partial charge is 0.289 e. The van der Waals surface area contributed by atoms with E-state index in [9.17, 15) is 19.2 Å². The van der Waals surface area contributed by atoms with Gasteiger partial charge in [-0.25, -0.2) is 19.9 Å². The molecule has 4 saturated heterocycles. The van der Waals surface area contributed by atoms with E-state index in [1.54, 1.807) is 22.2 Å². The van der Waals surface area contributed by atoms with Gasteiger partial charge in [0.1, 0.15) is 12.2 Å². The zero-order chi connectivity index (χ0) is 45.9. The predicted octanol–water partition coefficient (Wildman–Crippen LogP) is 6.45. The van der Waals surface area contributed by atoms with Gasteiger partial charge < -0.3 is 39.0 Å². The van der Waals surface area contributed by atoms with Gasteiger partial charge in [-0.2, -0.15) is 0 Å². The molecule has 4 aliphatic rings. The Labute approximate surface area is 384 Å². The quantitative estimate of drug-likeness (QED) is 0.155. The van der Waals surface area contributed by atoms with Gasteiger partial charge in [-0.05, 0) is 62.1 Å². The number of carbonyl (C=O) groups excluding carboxylic acids is 4. The van der Waals surface area contributed by atoms with E-state index in [1.807, 2.05) is 110 Å². The number of benzene rings is 2. The Morgan fingerprint density at radius 3 is 1.35 bits per heavy atom. The Hall–Kier alpha value is -6.84. The number of fused-ring (bicyclic) bond motifs is 2. The highest BCUT2D eigenvalue weighted by molar-refractivity contribution is 5.95. The van der Waals surface area contributed by atoms with Gasteiger partial charge in [-0.1, -0.05) is 64.1 Å². The summed E-state index contributed by atoms with van der Waals surface area (Å²) < 4.78 is 12.4. The van der Waals surface area contributed by atoms with Gasteiger partial charge >= 0.3 is 0 Å². The molecule has 0 aliphatic carbocycles. The number of likely N-dealkylation sites (tertiary alicyclic amines) is 4. The van der Waals surface area contributed by atoms with Gasteiger partial charge in [-0.3, -0.25) is 19.2 Å². The van der Waals surface area contributed by atoms with Crippen LogP contribution in [-0.4, -0.2) is 138 Å².